The van der Waals surface area contributed by atoms with E-state index in [9.17, 15) is 13.0 Å². The minimum Gasteiger partial charge on any atom is -0.746 e. The fraction of sp³-hybridized carbons (Fsp3) is 0.143. The van der Waals surface area contributed by atoms with Gasteiger partial charge >= 0.3 is 29.6 Å². The number of aliphatic hydroxyl groups is 1. The molecule has 15 heavy (non-hydrogen) atoms. The summed E-state index contributed by atoms with van der Waals surface area (Å²) < 4.78 is 31.4. The molecule has 0 aliphatic carbocycles. The second kappa shape index (κ2) is 5.84. The summed E-state index contributed by atoms with van der Waals surface area (Å²) in [5.74, 6) is 0. The van der Waals surface area contributed by atoms with Gasteiger partial charge in [-0.15, -0.1) is 0 Å². The first-order valence-corrected chi connectivity index (χ1v) is 5.63. The second-order valence-electron chi connectivity index (χ2n) is 2.51. The molecule has 0 radical (unpaired) electrons. The van der Waals surface area contributed by atoms with E-state index in [0.717, 1.165) is 0 Å². The third-order valence-electron chi connectivity index (χ3n) is 1.50. The minimum absolute atomic E-state index is 0. The van der Waals surface area contributed by atoms with Gasteiger partial charge in [-0.2, -0.15) is 0 Å². The summed E-state index contributed by atoms with van der Waals surface area (Å²) >= 11 is 11.1. The van der Waals surface area contributed by atoms with Crippen LogP contribution in [0.5, 0.6) is 0 Å². The first-order valence-electron chi connectivity index (χ1n) is 3.40. The van der Waals surface area contributed by atoms with Crippen LogP contribution in [-0.4, -0.2) is 18.1 Å². The Morgan fingerprint density at radius 2 is 1.87 bits per heavy atom. The van der Waals surface area contributed by atoms with Crippen LogP contribution >= 0.6 is 23.2 Å². The van der Waals surface area contributed by atoms with Crippen LogP contribution in [0.15, 0.2) is 18.2 Å². The molecule has 0 aromatic heterocycles. The molecule has 0 aliphatic heterocycles. The largest absolute Gasteiger partial charge is 1.00 e. The first-order chi connectivity index (χ1) is 6.32. The van der Waals surface area contributed by atoms with E-state index < -0.39 is 15.6 Å². The van der Waals surface area contributed by atoms with Crippen LogP contribution in [0.25, 0.3) is 0 Å². The van der Waals surface area contributed by atoms with Gasteiger partial charge in [-0.3, -0.25) is 0 Å². The minimum atomic E-state index is -4.81. The van der Waals surface area contributed by atoms with Crippen molar-refractivity contribution in [2.45, 2.75) is 5.44 Å². The van der Waals surface area contributed by atoms with Gasteiger partial charge in [0.2, 0.25) is 0 Å². The van der Waals surface area contributed by atoms with E-state index in [1.807, 2.05) is 0 Å². The third kappa shape index (κ3) is 4.20. The smallest absolute Gasteiger partial charge is 0.746 e. The molecule has 8 heteroatoms. The number of halogens is 2. The molecule has 0 saturated heterocycles. The summed E-state index contributed by atoms with van der Waals surface area (Å²) in [6.45, 7) is 0. The van der Waals surface area contributed by atoms with Gasteiger partial charge in [-0.1, -0.05) is 29.3 Å². The van der Waals surface area contributed by atoms with Crippen molar-refractivity contribution in [1.82, 2.24) is 0 Å². The molecule has 0 amide bonds. The van der Waals surface area contributed by atoms with Gasteiger partial charge in [0.25, 0.3) is 0 Å². The first kappa shape index (κ1) is 15.7. The van der Waals surface area contributed by atoms with Gasteiger partial charge in [-0.25, -0.2) is 8.42 Å². The van der Waals surface area contributed by atoms with Crippen LogP contribution in [0.4, 0.5) is 0 Å². The Bertz CT molecular complexity index is 448. The molecule has 78 valence electrons. The quantitative estimate of drug-likeness (QED) is 0.530. The zero-order chi connectivity index (χ0) is 10.9. The summed E-state index contributed by atoms with van der Waals surface area (Å²) in [5, 5.41) is 9.32. The van der Waals surface area contributed by atoms with Crippen molar-refractivity contribution in [2.24, 2.45) is 0 Å². The van der Waals surface area contributed by atoms with E-state index in [1.165, 1.54) is 18.2 Å². The fourth-order valence-electron chi connectivity index (χ4n) is 0.857. The predicted octanol–water partition coefficient (Wildman–Crippen LogP) is -1.47. The Labute approximate surface area is 119 Å². The molecule has 0 aliphatic rings. The molecule has 0 heterocycles. The number of benzene rings is 1. The molecular formula is C7H5Cl2NaO4S. The summed E-state index contributed by atoms with van der Waals surface area (Å²) in [5.41, 5.74) is -2.33. The maximum Gasteiger partial charge on any atom is 1.00 e. The van der Waals surface area contributed by atoms with E-state index in [1.54, 1.807) is 0 Å². The molecule has 1 aromatic rings. The van der Waals surface area contributed by atoms with E-state index >= 15 is 0 Å². The molecule has 1 aromatic carbocycles. The molecule has 4 nitrogen and oxygen atoms in total. The molecule has 1 N–H and O–H groups in total. The molecule has 0 fully saturated rings. The second-order valence-corrected chi connectivity index (χ2v) is 4.79. The van der Waals surface area contributed by atoms with Gasteiger partial charge in [0.15, 0.2) is 5.44 Å². The average Bonchev–Trinajstić information content (AvgIpc) is 2.01. The summed E-state index contributed by atoms with van der Waals surface area (Å²) in [6, 6.07) is 3.76. The van der Waals surface area contributed by atoms with Crippen molar-refractivity contribution >= 4 is 33.3 Å². The van der Waals surface area contributed by atoms with Crippen LogP contribution in [0.3, 0.4) is 0 Å². The standard InChI is InChI=1S/C7H6Cl2O4S.Na/c8-4-1-2-5(6(9)3-4)7(10)14(11,12)13;/h1-3,7,10H,(H,11,12,13);/q;+1/p-1. The van der Waals surface area contributed by atoms with E-state index in [2.05, 4.69) is 0 Å². The van der Waals surface area contributed by atoms with Crippen molar-refractivity contribution < 1.29 is 47.6 Å². The number of rotatable bonds is 2. The van der Waals surface area contributed by atoms with Crippen molar-refractivity contribution in [1.29, 1.82) is 0 Å². The van der Waals surface area contributed by atoms with Crippen LogP contribution in [0.2, 0.25) is 10.0 Å². The van der Waals surface area contributed by atoms with Crippen molar-refractivity contribution in [3.63, 3.8) is 0 Å². The number of hydrogen-bond donors (Lipinski definition) is 1. The summed E-state index contributed by atoms with van der Waals surface area (Å²) in [6.07, 6.45) is 0. The van der Waals surface area contributed by atoms with Gasteiger partial charge in [0.05, 0.1) is 0 Å². The van der Waals surface area contributed by atoms with Crippen LogP contribution < -0.4 is 29.6 Å². The van der Waals surface area contributed by atoms with Gasteiger partial charge in [0.1, 0.15) is 10.1 Å². The molecule has 1 rings (SSSR count). The van der Waals surface area contributed by atoms with Gasteiger partial charge in [0, 0.05) is 15.6 Å². The van der Waals surface area contributed by atoms with Gasteiger partial charge in [-0.05, 0) is 12.1 Å². The molecule has 0 bridgehead atoms. The summed E-state index contributed by atoms with van der Waals surface area (Å²) in [4.78, 5) is 0. The normalized spacial score (nSPS) is 13.1. The van der Waals surface area contributed by atoms with Crippen molar-refractivity contribution in [3.8, 4) is 0 Å². The Morgan fingerprint density at radius 3 is 2.27 bits per heavy atom. The van der Waals surface area contributed by atoms with E-state index in [4.69, 9.17) is 28.3 Å². The number of aliphatic hydroxyl groups excluding tert-OH is 1. The Morgan fingerprint density at radius 1 is 1.33 bits per heavy atom. The molecular weight excluding hydrogens is 274 g/mol. The van der Waals surface area contributed by atoms with Crippen molar-refractivity contribution in [3.05, 3.63) is 33.8 Å². The number of hydrogen-bond acceptors (Lipinski definition) is 4. The Kier molecular flexibility index (Phi) is 6.10. The van der Waals surface area contributed by atoms with Crippen LogP contribution in [0, 0.1) is 0 Å². The fourth-order valence-corrected chi connectivity index (χ4v) is 1.95. The monoisotopic (exact) mass is 278 g/mol. The Balaban J connectivity index is 0.00000196. The third-order valence-corrected chi connectivity index (χ3v) is 2.87. The maximum absolute atomic E-state index is 10.5. The van der Waals surface area contributed by atoms with Crippen LogP contribution in [-0.2, 0) is 10.1 Å². The van der Waals surface area contributed by atoms with E-state index in [0.29, 0.717) is 0 Å². The predicted molar refractivity (Wildman–Crippen MR) is 51.1 cm³/mol. The zero-order valence-electron chi connectivity index (χ0n) is 7.65. The SMILES string of the molecule is O=S(=O)([O-])C(O)c1ccc(Cl)cc1Cl.[Na+]. The van der Waals surface area contributed by atoms with Crippen LogP contribution in [0.1, 0.15) is 11.0 Å². The summed E-state index contributed by atoms with van der Waals surface area (Å²) in [7, 11) is -4.81. The van der Waals surface area contributed by atoms with E-state index in [-0.39, 0.29) is 45.2 Å². The van der Waals surface area contributed by atoms with Gasteiger partial charge < -0.3 is 9.66 Å². The molecule has 0 spiro atoms. The maximum atomic E-state index is 10.5. The molecule has 0 saturated carbocycles. The topological polar surface area (TPSA) is 77.4 Å². The molecule has 1 unspecified atom stereocenters. The zero-order valence-corrected chi connectivity index (χ0v) is 12.0. The van der Waals surface area contributed by atoms with Crippen molar-refractivity contribution in [2.75, 3.05) is 0 Å². The Hall–Kier alpha value is 0.670. The molecule has 1 atom stereocenters. The average molecular weight is 279 g/mol.